The van der Waals surface area contributed by atoms with Gasteiger partial charge in [0.1, 0.15) is 5.75 Å². The van der Waals surface area contributed by atoms with E-state index in [-0.39, 0.29) is 12.5 Å². The zero-order chi connectivity index (χ0) is 15.1. The highest BCUT2D eigenvalue weighted by molar-refractivity contribution is 5.92. The minimum absolute atomic E-state index is 0.143. The van der Waals surface area contributed by atoms with Crippen LogP contribution in [0.3, 0.4) is 0 Å². The minimum atomic E-state index is -0.765. The van der Waals surface area contributed by atoms with Gasteiger partial charge in [-0.15, -0.1) is 0 Å². The molecule has 0 radical (unpaired) electrons. The van der Waals surface area contributed by atoms with E-state index in [1.54, 1.807) is 31.4 Å². The van der Waals surface area contributed by atoms with Gasteiger partial charge in [0.15, 0.2) is 0 Å². The molecule has 3 N–H and O–H groups in total. The largest absolute Gasteiger partial charge is 0.497 e. The summed E-state index contributed by atoms with van der Waals surface area (Å²) in [5.74, 6) is 0.601. The topological polar surface area (TPSA) is 79.8 Å². The second-order valence-corrected chi connectivity index (χ2v) is 5.22. The zero-order valence-corrected chi connectivity index (χ0v) is 12.2. The molecule has 116 valence electrons. The Balaban J connectivity index is 1.71. The molecule has 0 bridgehead atoms. The van der Waals surface area contributed by atoms with Crippen molar-refractivity contribution >= 4 is 11.6 Å². The van der Waals surface area contributed by atoms with Crippen molar-refractivity contribution in [1.82, 2.24) is 5.32 Å². The zero-order valence-electron chi connectivity index (χ0n) is 12.2. The fraction of sp³-hybridized carbons (Fsp3) is 0.533. The Kier molecular flexibility index (Phi) is 5.55. The summed E-state index contributed by atoms with van der Waals surface area (Å²) in [5, 5.41) is 16.0. The van der Waals surface area contributed by atoms with Crippen LogP contribution in [0.1, 0.15) is 12.8 Å². The van der Waals surface area contributed by atoms with Crippen molar-refractivity contribution in [2.45, 2.75) is 18.4 Å². The molecule has 2 rings (SSSR count). The second kappa shape index (κ2) is 7.40. The summed E-state index contributed by atoms with van der Waals surface area (Å²) in [5.41, 5.74) is -0.0501. The van der Waals surface area contributed by atoms with Crippen molar-refractivity contribution in [3.8, 4) is 5.75 Å². The van der Waals surface area contributed by atoms with Crippen molar-refractivity contribution in [2.24, 2.45) is 0 Å². The van der Waals surface area contributed by atoms with Gasteiger partial charge in [0.25, 0.3) is 0 Å². The molecule has 1 aliphatic rings. The first-order chi connectivity index (χ1) is 10.1. The van der Waals surface area contributed by atoms with Gasteiger partial charge in [0.2, 0.25) is 5.91 Å². The van der Waals surface area contributed by atoms with E-state index in [4.69, 9.17) is 9.47 Å². The minimum Gasteiger partial charge on any atom is -0.497 e. The lowest BCUT2D eigenvalue weighted by atomic mass is 9.94. The average molecular weight is 294 g/mol. The Morgan fingerprint density at radius 2 is 2.00 bits per heavy atom. The molecule has 0 saturated carbocycles. The maximum Gasteiger partial charge on any atom is 0.238 e. The molecule has 1 fully saturated rings. The summed E-state index contributed by atoms with van der Waals surface area (Å²) in [6.45, 7) is 1.69. The maximum absolute atomic E-state index is 11.8. The molecule has 21 heavy (non-hydrogen) atoms. The Hall–Kier alpha value is -1.63. The van der Waals surface area contributed by atoms with E-state index in [1.807, 2.05) is 0 Å². The number of ether oxygens (including phenoxy) is 2. The number of aliphatic hydroxyl groups is 1. The van der Waals surface area contributed by atoms with E-state index in [1.165, 1.54) is 0 Å². The third-order valence-corrected chi connectivity index (χ3v) is 3.54. The van der Waals surface area contributed by atoms with Gasteiger partial charge >= 0.3 is 0 Å². The molecular formula is C15H22N2O4. The summed E-state index contributed by atoms with van der Waals surface area (Å²) in [7, 11) is 1.60. The van der Waals surface area contributed by atoms with Gasteiger partial charge in [0.05, 0.1) is 19.3 Å². The first-order valence-corrected chi connectivity index (χ1v) is 7.06. The monoisotopic (exact) mass is 294 g/mol. The van der Waals surface area contributed by atoms with Crippen LogP contribution in [-0.4, -0.2) is 50.0 Å². The van der Waals surface area contributed by atoms with Gasteiger partial charge in [-0.25, -0.2) is 0 Å². The highest BCUT2D eigenvalue weighted by Crippen LogP contribution is 2.19. The molecule has 0 unspecified atom stereocenters. The van der Waals surface area contributed by atoms with Crippen LogP contribution in [0, 0.1) is 0 Å². The summed E-state index contributed by atoms with van der Waals surface area (Å²) in [6, 6.07) is 7.13. The van der Waals surface area contributed by atoms with E-state index in [0.717, 1.165) is 5.75 Å². The Labute approximate surface area is 124 Å². The van der Waals surface area contributed by atoms with Gasteiger partial charge < -0.3 is 25.2 Å². The smallest absolute Gasteiger partial charge is 0.238 e. The van der Waals surface area contributed by atoms with E-state index >= 15 is 0 Å². The number of nitrogens with one attached hydrogen (secondary N) is 2. The standard InChI is InChI=1S/C15H22N2O4/c1-20-13-4-2-12(3-5-13)17-14(18)10-16-11-15(19)6-8-21-9-7-15/h2-5,16,19H,6-11H2,1H3,(H,17,18). The molecule has 0 aliphatic carbocycles. The van der Waals surface area contributed by atoms with Crippen molar-refractivity contribution in [3.05, 3.63) is 24.3 Å². The lowest BCUT2D eigenvalue weighted by molar-refractivity contribution is -0.115. The number of methoxy groups -OCH3 is 1. The SMILES string of the molecule is COc1ccc(NC(=O)CNCC2(O)CCOCC2)cc1. The normalized spacial score (nSPS) is 17.2. The third-order valence-electron chi connectivity index (χ3n) is 3.54. The molecule has 0 atom stereocenters. The van der Waals surface area contributed by atoms with Crippen LogP contribution in [0.4, 0.5) is 5.69 Å². The van der Waals surface area contributed by atoms with E-state index in [2.05, 4.69) is 10.6 Å². The Morgan fingerprint density at radius 3 is 2.62 bits per heavy atom. The van der Waals surface area contributed by atoms with Crippen molar-refractivity contribution in [3.63, 3.8) is 0 Å². The molecule has 1 saturated heterocycles. The maximum atomic E-state index is 11.8. The van der Waals surface area contributed by atoms with E-state index in [9.17, 15) is 9.90 Å². The van der Waals surface area contributed by atoms with Crippen LogP contribution in [0.2, 0.25) is 0 Å². The summed E-state index contributed by atoms with van der Waals surface area (Å²) in [4.78, 5) is 11.8. The molecular weight excluding hydrogens is 272 g/mol. The molecule has 1 aromatic rings. The Bertz CT molecular complexity index is 455. The number of hydrogen-bond donors (Lipinski definition) is 3. The lowest BCUT2D eigenvalue weighted by Gasteiger charge is -2.32. The van der Waals surface area contributed by atoms with Crippen LogP contribution in [0.25, 0.3) is 0 Å². The number of carbonyl (C=O) groups is 1. The van der Waals surface area contributed by atoms with E-state index < -0.39 is 5.60 Å². The van der Waals surface area contributed by atoms with Gasteiger partial charge in [-0.05, 0) is 24.3 Å². The van der Waals surface area contributed by atoms with Gasteiger partial charge in [-0.3, -0.25) is 4.79 Å². The van der Waals surface area contributed by atoms with Crippen LogP contribution >= 0.6 is 0 Å². The van der Waals surface area contributed by atoms with Crippen molar-refractivity contribution < 1.29 is 19.4 Å². The molecule has 6 heteroatoms. The number of carbonyl (C=O) groups excluding carboxylic acids is 1. The molecule has 0 spiro atoms. The molecule has 1 aromatic carbocycles. The summed E-state index contributed by atoms with van der Waals surface area (Å²) >= 11 is 0. The molecule has 1 heterocycles. The van der Waals surface area contributed by atoms with E-state index in [0.29, 0.717) is 38.3 Å². The van der Waals surface area contributed by atoms with Crippen molar-refractivity contribution in [2.75, 3.05) is 38.7 Å². The first-order valence-electron chi connectivity index (χ1n) is 7.06. The second-order valence-electron chi connectivity index (χ2n) is 5.22. The van der Waals surface area contributed by atoms with Gasteiger partial charge in [-0.1, -0.05) is 0 Å². The summed E-state index contributed by atoms with van der Waals surface area (Å²) in [6.07, 6.45) is 1.19. The number of benzene rings is 1. The van der Waals surface area contributed by atoms with Crippen LogP contribution in [0.5, 0.6) is 5.75 Å². The van der Waals surface area contributed by atoms with Crippen molar-refractivity contribution in [1.29, 1.82) is 0 Å². The number of hydrogen-bond acceptors (Lipinski definition) is 5. The van der Waals surface area contributed by atoms with Gasteiger partial charge in [-0.2, -0.15) is 0 Å². The van der Waals surface area contributed by atoms with Crippen LogP contribution in [0.15, 0.2) is 24.3 Å². The first kappa shape index (κ1) is 15.8. The molecule has 6 nitrogen and oxygen atoms in total. The van der Waals surface area contributed by atoms with Crippen LogP contribution < -0.4 is 15.4 Å². The molecule has 1 aliphatic heterocycles. The summed E-state index contributed by atoms with van der Waals surface area (Å²) < 4.78 is 10.3. The third kappa shape index (κ3) is 5.00. The van der Waals surface area contributed by atoms with Crippen LogP contribution in [-0.2, 0) is 9.53 Å². The Morgan fingerprint density at radius 1 is 1.33 bits per heavy atom. The number of anilines is 1. The predicted molar refractivity (Wildman–Crippen MR) is 79.5 cm³/mol. The molecule has 1 amide bonds. The number of amides is 1. The van der Waals surface area contributed by atoms with Gasteiger partial charge in [0, 0.05) is 38.3 Å². The highest BCUT2D eigenvalue weighted by Gasteiger charge is 2.29. The quantitative estimate of drug-likeness (QED) is 0.722. The lowest BCUT2D eigenvalue weighted by Crippen LogP contribution is -2.46. The fourth-order valence-electron chi connectivity index (χ4n) is 2.22. The predicted octanol–water partition coefficient (Wildman–Crippen LogP) is 0.765. The average Bonchev–Trinajstić information content (AvgIpc) is 2.48. The molecule has 0 aromatic heterocycles. The fourth-order valence-corrected chi connectivity index (χ4v) is 2.22. The highest BCUT2D eigenvalue weighted by atomic mass is 16.5. The number of rotatable bonds is 6.